The first-order chi connectivity index (χ1) is 9.54. The fourth-order valence-corrected chi connectivity index (χ4v) is 4.07. The summed E-state index contributed by atoms with van der Waals surface area (Å²) in [5.74, 6) is 5.68. The van der Waals surface area contributed by atoms with Crippen molar-refractivity contribution in [1.29, 1.82) is 0 Å². The van der Waals surface area contributed by atoms with E-state index in [1.165, 1.54) is 11.3 Å². The van der Waals surface area contributed by atoms with Gasteiger partial charge in [-0.1, -0.05) is 25.1 Å². The molecule has 0 radical (unpaired) electrons. The molecule has 0 saturated heterocycles. The van der Waals surface area contributed by atoms with Gasteiger partial charge in [0, 0.05) is 15.7 Å². The van der Waals surface area contributed by atoms with Crippen molar-refractivity contribution >= 4 is 39.1 Å². The predicted octanol–water partition coefficient (Wildman–Crippen LogP) is 2.51. The second-order valence-corrected chi connectivity index (χ2v) is 7.05. The number of hydrogen-bond donors (Lipinski definition) is 3. The van der Waals surface area contributed by atoms with E-state index in [1.807, 2.05) is 31.2 Å². The first-order valence-electron chi connectivity index (χ1n) is 6.35. The Hall–Kier alpha value is -1.08. The van der Waals surface area contributed by atoms with Gasteiger partial charge in [-0.05, 0) is 23.9 Å². The van der Waals surface area contributed by atoms with Crippen molar-refractivity contribution in [1.82, 2.24) is 5.43 Å². The monoisotopic (exact) mass is 310 g/mol. The van der Waals surface area contributed by atoms with Gasteiger partial charge in [-0.2, -0.15) is 11.8 Å². The molecule has 2 unspecified atom stereocenters. The number of hydrazine groups is 1. The van der Waals surface area contributed by atoms with E-state index in [0.717, 1.165) is 15.6 Å². The largest absolute Gasteiger partial charge is 0.392 e. The number of rotatable bonds is 5. The minimum Gasteiger partial charge on any atom is -0.392 e. The van der Waals surface area contributed by atoms with Crippen molar-refractivity contribution in [3.8, 4) is 0 Å². The molecule has 0 bridgehead atoms. The topological polar surface area (TPSA) is 75.3 Å². The zero-order valence-corrected chi connectivity index (χ0v) is 13.1. The van der Waals surface area contributed by atoms with Crippen LogP contribution < -0.4 is 11.3 Å². The summed E-state index contributed by atoms with van der Waals surface area (Å²) >= 11 is 3.08. The fourth-order valence-electron chi connectivity index (χ4n) is 1.85. The van der Waals surface area contributed by atoms with Crippen LogP contribution in [0.15, 0.2) is 24.3 Å². The van der Waals surface area contributed by atoms with Crippen molar-refractivity contribution in [3.05, 3.63) is 34.7 Å². The Labute approximate surface area is 126 Å². The number of thioether (sulfide) groups is 1. The highest BCUT2D eigenvalue weighted by Crippen LogP contribution is 2.34. The van der Waals surface area contributed by atoms with Gasteiger partial charge in [0.15, 0.2) is 0 Å². The standard InChI is InChI=1S/C14H18N2O2S2/c1-8(17)9(2)19-7-11-10-5-3-4-6-12(10)20-13(11)14(18)16-15/h3-6,8-9,17H,7,15H2,1-2H3,(H,16,18). The summed E-state index contributed by atoms with van der Waals surface area (Å²) in [4.78, 5) is 12.5. The quantitative estimate of drug-likeness (QED) is 0.450. The molecule has 1 aromatic heterocycles. The summed E-state index contributed by atoms with van der Waals surface area (Å²) in [7, 11) is 0. The Morgan fingerprint density at radius 1 is 1.45 bits per heavy atom. The molecule has 108 valence electrons. The molecule has 0 spiro atoms. The van der Waals surface area contributed by atoms with Crippen LogP contribution >= 0.6 is 23.1 Å². The molecule has 2 atom stereocenters. The lowest BCUT2D eigenvalue weighted by atomic mass is 10.1. The molecule has 1 aromatic carbocycles. The Bertz CT molecular complexity index is 610. The van der Waals surface area contributed by atoms with Gasteiger partial charge in [0.1, 0.15) is 0 Å². The van der Waals surface area contributed by atoms with Crippen molar-refractivity contribution in [2.45, 2.75) is 31.0 Å². The van der Waals surface area contributed by atoms with Gasteiger partial charge in [-0.25, -0.2) is 5.84 Å². The Kier molecular flexibility index (Phi) is 5.04. The third-order valence-corrected chi connectivity index (χ3v) is 5.79. The SMILES string of the molecule is CC(O)C(C)SCc1c(C(=O)NN)sc2ccccc12. The molecule has 0 fully saturated rings. The highest BCUT2D eigenvalue weighted by Gasteiger charge is 2.19. The number of nitrogens with one attached hydrogen (secondary N) is 1. The van der Waals surface area contributed by atoms with Crippen LogP contribution in [0.3, 0.4) is 0 Å². The van der Waals surface area contributed by atoms with E-state index in [1.54, 1.807) is 18.7 Å². The average molecular weight is 310 g/mol. The second kappa shape index (κ2) is 6.58. The number of aliphatic hydroxyl groups is 1. The third kappa shape index (κ3) is 3.15. The minimum absolute atomic E-state index is 0.113. The number of thiophene rings is 1. The van der Waals surface area contributed by atoms with E-state index in [9.17, 15) is 9.90 Å². The van der Waals surface area contributed by atoms with E-state index < -0.39 is 0 Å². The van der Waals surface area contributed by atoms with E-state index in [4.69, 9.17) is 5.84 Å². The van der Waals surface area contributed by atoms with Gasteiger partial charge in [0.2, 0.25) is 0 Å². The average Bonchev–Trinajstić information content (AvgIpc) is 2.82. The highest BCUT2D eigenvalue weighted by atomic mass is 32.2. The maximum absolute atomic E-state index is 11.9. The first kappa shape index (κ1) is 15.3. The number of carbonyl (C=O) groups is 1. The number of nitrogens with two attached hydrogens (primary N) is 1. The van der Waals surface area contributed by atoms with Gasteiger partial charge in [-0.15, -0.1) is 11.3 Å². The molecule has 2 rings (SSSR count). The normalized spacial score (nSPS) is 14.2. The molecule has 4 N–H and O–H groups in total. The Morgan fingerprint density at radius 2 is 2.15 bits per heavy atom. The van der Waals surface area contributed by atoms with Gasteiger partial charge in [0.05, 0.1) is 11.0 Å². The van der Waals surface area contributed by atoms with Crippen molar-refractivity contribution in [3.63, 3.8) is 0 Å². The zero-order chi connectivity index (χ0) is 14.7. The van der Waals surface area contributed by atoms with E-state index >= 15 is 0 Å². The van der Waals surface area contributed by atoms with Gasteiger partial charge >= 0.3 is 0 Å². The smallest absolute Gasteiger partial charge is 0.275 e. The molecule has 0 aliphatic carbocycles. The van der Waals surface area contributed by atoms with Crippen LogP contribution in [0.25, 0.3) is 10.1 Å². The summed E-state index contributed by atoms with van der Waals surface area (Å²) in [5.41, 5.74) is 3.20. The molecule has 1 heterocycles. The summed E-state index contributed by atoms with van der Waals surface area (Å²) in [5, 5.41) is 10.8. The number of benzene rings is 1. The van der Waals surface area contributed by atoms with E-state index in [-0.39, 0.29) is 17.3 Å². The lowest BCUT2D eigenvalue weighted by Crippen LogP contribution is -2.30. The zero-order valence-electron chi connectivity index (χ0n) is 11.4. The lowest BCUT2D eigenvalue weighted by molar-refractivity contribution is 0.0957. The van der Waals surface area contributed by atoms with Crippen molar-refractivity contribution in [2.24, 2.45) is 5.84 Å². The number of hydrogen-bond acceptors (Lipinski definition) is 5. The van der Waals surface area contributed by atoms with Gasteiger partial charge < -0.3 is 5.11 Å². The molecule has 1 amide bonds. The summed E-state index contributed by atoms with van der Waals surface area (Å²) in [6, 6.07) is 7.94. The highest BCUT2D eigenvalue weighted by molar-refractivity contribution is 7.99. The molecule has 20 heavy (non-hydrogen) atoms. The van der Waals surface area contributed by atoms with Crippen LogP contribution in [0.1, 0.15) is 29.1 Å². The molecule has 2 aromatic rings. The van der Waals surface area contributed by atoms with Crippen LogP contribution in [-0.4, -0.2) is 22.4 Å². The second-order valence-electron chi connectivity index (χ2n) is 4.64. The number of amides is 1. The predicted molar refractivity (Wildman–Crippen MR) is 85.9 cm³/mol. The Balaban J connectivity index is 2.35. The molecule has 4 nitrogen and oxygen atoms in total. The van der Waals surface area contributed by atoms with Crippen molar-refractivity contribution in [2.75, 3.05) is 0 Å². The number of nitrogen functional groups attached to an aromatic ring is 1. The maximum atomic E-state index is 11.9. The molecule has 0 aliphatic rings. The summed E-state index contributed by atoms with van der Waals surface area (Å²) < 4.78 is 1.08. The van der Waals surface area contributed by atoms with E-state index in [2.05, 4.69) is 5.43 Å². The maximum Gasteiger partial charge on any atom is 0.275 e. The van der Waals surface area contributed by atoms with E-state index in [0.29, 0.717) is 10.6 Å². The summed E-state index contributed by atoms with van der Waals surface area (Å²) in [6.07, 6.45) is -0.378. The molecule has 0 saturated carbocycles. The lowest BCUT2D eigenvalue weighted by Gasteiger charge is -2.14. The molecular formula is C14H18N2O2S2. The molecule has 0 aliphatic heterocycles. The number of carbonyl (C=O) groups excluding carboxylic acids is 1. The van der Waals surface area contributed by atoms with Crippen molar-refractivity contribution < 1.29 is 9.90 Å². The molecular weight excluding hydrogens is 292 g/mol. The van der Waals surface area contributed by atoms with Crippen LogP contribution in [0, 0.1) is 0 Å². The Morgan fingerprint density at radius 3 is 2.80 bits per heavy atom. The van der Waals surface area contributed by atoms with Gasteiger partial charge in [-0.3, -0.25) is 10.2 Å². The number of fused-ring (bicyclic) bond motifs is 1. The summed E-state index contributed by atoms with van der Waals surface area (Å²) in [6.45, 7) is 3.75. The fraction of sp³-hybridized carbons (Fsp3) is 0.357. The van der Waals surface area contributed by atoms with Crippen LogP contribution in [0.5, 0.6) is 0 Å². The first-order valence-corrected chi connectivity index (χ1v) is 8.22. The number of aliphatic hydroxyl groups excluding tert-OH is 1. The molecule has 6 heteroatoms. The minimum atomic E-state index is -0.378. The third-order valence-electron chi connectivity index (χ3n) is 3.21. The van der Waals surface area contributed by atoms with Crippen LogP contribution in [0.4, 0.5) is 0 Å². The van der Waals surface area contributed by atoms with Crippen LogP contribution in [0.2, 0.25) is 0 Å². The van der Waals surface area contributed by atoms with Gasteiger partial charge in [0.25, 0.3) is 5.91 Å². The van der Waals surface area contributed by atoms with Crippen LogP contribution in [-0.2, 0) is 5.75 Å².